The lowest BCUT2D eigenvalue weighted by molar-refractivity contribution is 0.0968. The van der Waals surface area contributed by atoms with E-state index in [1.165, 1.54) is 0 Å². The summed E-state index contributed by atoms with van der Waals surface area (Å²) in [5, 5.41) is 3.48. The molecule has 1 aliphatic heterocycles. The Bertz CT molecular complexity index is 622. The second-order valence-electron chi connectivity index (χ2n) is 5.39. The fourth-order valence-corrected chi connectivity index (χ4v) is 2.61. The average molecular weight is 266 g/mol. The lowest BCUT2D eigenvalue weighted by atomic mass is 10.0. The van der Waals surface area contributed by atoms with Crippen molar-refractivity contribution in [3.63, 3.8) is 0 Å². The van der Waals surface area contributed by atoms with Crippen molar-refractivity contribution in [1.82, 2.24) is 0 Å². The molecule has 102 valence electrons. The molecule has 1 aliphatic rings. The highest BCUT2D eigenvalue weighted by Crippen LogP contribution is 2.31. The Hall–Kier alpha value is -2.29. The number of amides is 1. The van der Waals surface area contributed by atoms with E-state index in [1.54, 1.807) is 0 Å². The normalized spacial score (nSPS) is 17.9. The number of nitrogens with zero attached hydrogens (tertiary/aromatic N) is 1. The number of hydrogen-bond donors (Lipinski definition) is 1. The number of para-hydroxylation sites is 2. The van der Waals surface area contributed by atoms with Crippen LogP contribution in [0.4, 0.5) is 11.4 Å². The quantitative estimate of drug-likeness (QED) is 0.898. The molecule has 2 aromatic rings. The van der Waals surface area contributed by atoms with Gasteiger partial charge in [-0.1, -0.05) is 44.2 Å². The minimum absolute atomic E-state index is 0.0280. The Morgan fingerprint density at radius 2 is 1.65 bits per heavy atom. The van der Waals surface area contributed by atoms with Crippen LogP contribution in [0, 0.1) is 5.92 Å². The van der Waals surface area contributed by atoms with Gasteiger partial charge in [0.1, 0.15) is 6.17 Å². The monoisotopic (exact) mass is 266 g/mol. The van der Waals surface area contributed by atoms with Gasteiger partial charge >= 0.3 is 0 Å². The van der Waals surface area contributed by atoms with Crippen LogP contribution < -0.4 is 10.2 Å². The minimum Gasteiger partial charge on any atom is -0.364 e. The third kappa shape index (κ3) is 2.05. The molecule has 1 atom stereocenters. The van der Waals surface area contributed by atoms with E-state index in [-0.39, 0.29) is 12.1 Å². The van der Waals surface area contributed by atoms with Crippen LogP contribution in [0.15, 0.2) is 54.6 Å². The number of fused-ring (bicyclic) bond motifs is 1. The maximum atomic E-state index is 12.8. The van der Waals surface area contributed by atoms with Crippen molar-refractivity contribution in [1.29, 1.82) is 0 Å². The van der Waals surface area contributed by atoms with Gasteiger partial charge in [-0.15, -0.1) is 0 Å². The Balaban J connectivity index is 2.10. The molecule has 0 aliphatic carbocycles. The van der Waals surface area contributed by atoms with E-state index in [0.29, 0.717) is 5.92 Å². The van der Waals surface area contributed by atoms with E-state index >= 15 is 0 Å². The summed E-state index contributed by atoms with van der Waals surface area (Å²) in [6, 6.07) is 17.5. The zero-order chi connectivity index (χ0) is 14.1. The first-order valence-corrected chi connectivity index (χ1v) is 6.92. The van der Waals surface area contributed by atoms with Crippen LogP contribution in [0.5, 0.6) is 0 Å². The predicted molar refractivity (Wildman–Crippen MR) is 81.9 cm³/mol. The molecule has 3 rings (SSSR count). The third-order valence-corrected chi connectivity index (χ3v) is 3.62. The summed E-state index contributed by atoms with van der Waals surface area (Å²) in [6.07, 6.45) is -0.0280. The van der Waals surface area contributed by atoms with Crippen LogP contribution in [-0.2, 0) is 0 Å². The Morgan fingerprint density at radius 1 is 1.00 bits per heavy atom. The summed E-state index contributed by atoms with van der Waals surface area (Å²) in [5.74, 6) is 0.372. The van der Waals surface area contributed by atoms with Crippen LogP contribution >= 0.6 is 0 Å². The summed E-state index contributed by atoms with van der Waals surface area (Å²) in [6.45, 7) is 4.24. The van der Waals surface area contributed by atoms with Gasteiger partial charge in [0.25, 0.3) is 5.91 Å². The minimum atomic E-state index is -0.0280. The molecule has 3 heteroatoms. The molecule has 20 heavy (non-hydrogen) atoms. The maximum absolute atomic E-state index is 12.8. The summed E-state index contributed by atoms with van der Waals surface area (Å²) in [7, 11) is 0. The van der Waals surface area contributed by atoms with Gasteiger partial charge in [-0.2, -0.15) is 0 Å². The zero-order valence-electron chi connectivity index (χ0n) is 11.7. The molecular weight excluding hydrogens is 248 g/mol. The third-order valence-electron chi connectivity index (χ3n) is 3.62. The molecule has 0 saturated carbocycles. The molecule has 0 radical (unpaired) electrons. The molecule has 0 bridgehead atoms. The lowest BCUT2D eigenvalue weighted by Gasteiger charge is -2.40. The highest BCUT2D eigenvalue weighted by Gasteiger charge is 2.34. The first kappa shape index (κ1) is 12.7. The number of nitrogens with one attached hydrogen (secondary N) is 1. The maximum Gasteiger partial charge on any atom is 0.262 e. The number of benzene rings is 2. The smallest absolute Gasteiger partial charge is 0.262 e. The second-order valence-corrected chi connectivity index (χ2v) is 5.39. The molecule has 1 N–H and O–H groups in total. The molecule has 0 spiro atoms. The van der Waals surface area contributed by atoms with Crippen LogP contribution in [-0.4, -0.2) is 12.1 Å². The molecule has 1 heterocycles. The highest BCUT2D eigenvalue weighted by molar-refractivity contribution is 6.12. The summed E-state index contributed by atoms with van der Waals surface area (Å²) in [4.78, 5) is 14.7. The number of rotatable bonds is 2. The number of carbonyl (C=O) groups is 1. The van der Waals surface area contributed by atoms with Gasteiger partial charge in [0.2, 0.25) is 0 Å². The van der Waals surface area contributed by atoms with E-state index in [9.17, 15) is 4.79 Å². The molecule has 0 unspecified atom stereocenters. The average Bonchev–Trinajstić information content (AvgIpc) is 2.48. The molecule has 1 amide bonds. The first-order valence-electron chi connectivity index (χ1n) is 6.92. The van der Waals surface area contributed by atoms with E-state index in [4.69, 9.17) is 0 Å². The van der Waals surface area contributed by atoms with Gasteiger partial charge in [0, 0.05) is 11.4 Å². The number of anilines is 2. The van der Waals surface area contributed by atoms with E-state index in [2.05, 4.69) is 19.2 Å². The van der Waals surface area contributed by atoms with Gasteiger partial charge in [-0.05, 0) is 30.2 Å². The van der Waals surface area contributed by atoms with Crippen molar-refractivity contribution in [2.24, 2.45) is 5.92 Å². The fraction of sp³-hybridized carbons (Fsp3) is 0.235. The van der Waals surface area contributed by atoms with Crippen molar-refractivity contribution >= 4 is 17.3 Å². The zero-order valence-corrected chi connectivity index (χ0v) is 11.7. The summed E-state index contributed by atoms with van der Waals surface area (Å²) in [5.41, 5.74) is 2.58. The Labute approximate surface area is 119 Å². The van der Waals surface area contributed by atoms with Crippen LogP contribution in [0.2, 0.25) is 0 Å². The Kier molecular flexibility index (Phi) is 3.18. The van der Waals surface area contributed by atoms with Crippen molar-refractivity contribution in [2.75, 3.05) is 10.2 Å². The van der Waals surface area contributed by atoms with E-state index < -0.39 is 0 Å². The number of carbonyl (C=O) groups excluding carboxylic acids is 1. The molecule has 0 aromatic heterocycles. The molecule has 3 nitrogen and oxygen atoms in total. The van der Waals surface area contributed by atoms with Gasteiger partial charge in [-0.3, -0.25) is 9.69 Å². The van der Waals surface area contributed by atoms with E-state index in [1.807, 2.05) is 59.5 Å². The van der Waals surface area contributed by atoms with Crippen molar-refractivity contribution in [2.45, 2.75) is 20.0 Å². The lowest BCUT2D eigenvalue weighted by Crippen LogP contribution is -2.51. The van der Waals surface area contributed by atoms with Crippen molar-refractivity contribution in [3.8, 4) is 0 Å². The molecule has 2 aromatic carbocycles. The van der Waals surface area contributed by atoms with Gasteiger partial charge < -0.3 is 5.32 Å². The summed E-state index contributed by atoms with van der Waals surface area (Å²) >= 11 is 0. The Morgan fingerprint density at radius 3 is 2.35 bits per heavy atom. The van der Waals surface area contributed by atoms with Crippen LogP contribution in [0.3, 0.4) is 0 Å². The van der Waals surface area contributed by atoms with Crippen molar-refractivity contribution in [3.05, 3.63) is 60.2 Å². The molecular formula is C17H18N2O. The van der Waals surface area contributed by atoms with Crippen molar-refractivity contribution < 1.29 is 4.79 Å². The van der Waals surface area contributed by atoms with Gasteiger partial charge in [0.15, 0.2) is 0 Å². The summed E-state index contributed by atoms with van der Waals surface area (Å²) < 4.78 is 0. The van der Waals surface area contributed by atoms with Gasteiger partial charge in [0.05, 0.1) is 5.56 Å². The van der Waals surface area contributed by atoms with Crippen LogP contribution in [0.25, 0.3) is 0 Å². The molecule has 0 fully saturated rings. The first-order chi connectivity index (χ1) is 9.68. The second kappa shape index (κ2) is 5.00. The largest absolute Gasteiger partial charge is 0.364 e. The highest BCUT2D eigenvalue weighted by atomic mass is 16.2. The SMILES string of the molecule is CC(C)[C@@H]1Nc2ccccc2C(=O)N1c1ccccc1. The predicted octanol–water partition coefficient (Wildman–Crippen LogP) is 3.74. The number of hydrogen-bond acceptors (Lipinski definition) is 2. The van der Waals surface area contributed by atoms with Gasteiger partial charge in [-0.25, -0.2) is 0 Å². The fourth-order valence-electron chi connectivity index (χ4n) is 2.61. The van der Waals surface area contributed by atoms with E-state index in [0.717, 1.165) is 16.9 Å². The van der Waals surface area contributed by atoms with Crippen LogP contribution in [0.1, 0.15) is 24.2 Å². The topological polar surface area (TPSA) is 32.3 Å². The standard InChI is InChI=1S/C17H18N2O/c1-12(2)16-18-15-11-7-6-10-14(15)17(20)19(16)13-8-4-3-5-9-13/h3-12,16,18H,1-2H3/t16-/m1/s1. The molecule has 0 saturated heterocycles.